The molecule has 0 aromatic heterocycles. The van der Waals surface area contributed by atoms with E-state index in [1.54, 1.807) is 19.1 Å². The molecular weight excluding hydrogens is 348 g/mol. The summed E-state index contributed by atoms with van der Waals surface area (Å²) in [7, 11) is 2.31. The summed E-state index contributed by atoms with van der Waals surface area (Å²) in [5, 5.41) is 0. The first kappa shape index (κ1) is 19.2. The molecular formula is C18H17F2NO5. The fourth-order valence-corrected chi connectivity index (χ4v) is 2.36. The zero-order chi connectivity index (χ0) is 19.3. The number of rotatable bonds is 5. The van der Waals surface area contributed by atoms with E-state index in [2.05, 4.69) is 4.74 Å². The fourth-order valence-electron chi connectivity index (χ4n) is 2.36. The molecule has 0 fully saturated rings. The molecule has 6 nitrogen and oxygen atoms in total. The maximum absolute atomic E-state index is 12.8. The first-order valence-corrected chi connectivity index (χ1v) is 7.49. The molecule has 1 aromatic carbocycles. The van der Waals surface area contributed by atoms with Crippen molar-refractivity contribution in [3.63, 3.8) is 0 Å². The lowest BCUT2D eigenvalue weighted by atomic mass is 10.1. The Hall–Kier alpha value is -3.16. The maximum Gasteiger partial charge on any atom is 0.387 e. The number of nitrogens with zero attached hydrogens (tertiary/aromatic N) is 1. The number of carbonyl (C=O) groups excluding carboxylic acids is 2. The van der Waals surface area contributed by atoms with Crippen LogP contribution in [0, 0.1) is 6.92 Å². The highest BCUT2D eigenvalue weighted by molar-refractivity contribution is 6.05. The number of anilines is 1. The van der Waals surface area contributed by atoms with E-state index in [9.17, 15) is 18.4 Å². The summed E-state index contributed by atoms with van der Waals surface area (Å²) < 4.78 is 39.6. The van der Waals surface area contributed by atoms with Crippen LogP contribution in [0.4, 0.5) is 14.5 Å². The molecule has 1 aliphatic heterocycles. The van der Waals surface area contributed by atoms with Gasteiger partial charge in [-0.15, -0.1) is 0 Å². The van der Waals surface area contributed by atoms with Gasteiger partial charge in [0.1, 0.15) is 11.4 Å². The normalized spacial score (nSPS) is 13.7. The van der Waals surface area contributed by atoms with Gasteiger partial charge in [-0.2, -0.15) is 8.78 Å². The number of halogens is 2. The highest BCUT2D eigenvalue weighted by Crippen LogP contribution is 2.35. The summed E-state index contributed by atoms with van der Waals surface area (Å²) in [6.45, 7) is -1.31. The Morgan fingerprint density at radius 3 is 2.38 bits per heavy atom. The molecule has 2 rings (SSSR count). The van der Waals surface area contributed by atoms with Crippen molar-refractivity contribution in [3.05, 3.63) is 59.5 Å². The van der Waals surface area contributed by atoms with Crippen molar-refractivity contribution < 1.29 is 32.6 Å². The van der Waals surface area contributed by atoms with Crippen LogP contribution >= 0.6 is 0 Å². The van der Waals surface area contributed by atoms with E-state index in [4.69, 9.17) is 9.47 Å². The molecule has 26 heavy (non-hydrogen) atoms. The van der Waals surface area contributed by atoms with Crippen molar-refractivity contribution in [1.82, 2.24) is 0 Å². The van der Waals surface area contributed by atoms with Gasteiger partial charge >= 0.3 is 18.6 Å². The minimum Gasteiger partial charge on any atom is -0.465 e. The largest absolute Gasteiger partial charge is 0.465 e. The number of carbonyl (C=O) groups is 2. The molecule has 138 valence electrons. The van der Waals surface area contributed by atoms with E-state index >= 15 is 0 Å². The van der Waals surface area contributed by atoms with Gasteiger partial charge < -0.3 is 19.1 Å². The number of hydrogen-bond acceptors (Lipinski definition) is 6. The monoisotopic (exact) mass is 365 g/mol. The predicted octanol–water partition coefficient (Wildman–Crippen LogP) is 3.09. The van der Waals surface area contributed by atoms with E-state index in [0.717, 1.165) is 12.7 Å². The van der Waals surface area contributed by atoms with Crippen molar-refractivity contribution in [1.29, 1.82) is 0 Å². The molecule has 1 heterocycles. The summed E-state index contributed by atoms with van der Waals surface area (Å²) in [6, 6.07) is 4.49. The molecule has 1 aromatic rings. The molecule has 0 atom stereocenters. The Morgan fingerprint density at radius 1 is 1.08 bits per heavy atom. The lowest BCUT2D eigenvalue weighted by Gasteiger charge is -2.25. The number of esters is 2. The molecule has 0 radical (unpaired) electrons. The van der Waals surface area contributed by atoms with Crippen molar-refractivity contribution in [2.75, 3.05) is 19.1 Å². The summed E-state index contributed by atoms with van der Waals surface area (Å²) in [5.41, 5.74) is 0.603. The zero-order valence-electron chi connectivity index (χ0n) is 14.4. The fraction of sp³-hybridized carbons (Fsp3) is 0.222. The Labute approximate surface area is 148 Å². The van der Waals surface area contributed by atoms with E-state index in [-0.39, 0.29) is 22.7 Å². The summed E-state index contributed by atoms with van der Waals surface area (Å²) in [4.78, 5) is 25.7. The van der Waals surface area contributed by atoms with Crippen LogP contribution in [0.3, 0.4) is 0 Å². The van der Waals surface area contributed by atoms with Gasteiger partial charge in [-0.3, -0.25) is 0 Å². The molecule has 0 N–H and O–H groups in total. The molecule has 0 saturated carbocycles. The third-order valence-electron chi connectivity index (χ3n) is 3.48. The molecule has 0 spiro atoms. The molecule has 0 amide bonds. The number of hydrogen-bond donors (Lipinski definition) is 0. The third kappa shape index (κ3) is 4.08. The quantitative estimate of drug-likeness (QED) is 0.747. The minimum atomic E-state index is -3.06. The van der Waals surface area contributed by atoms with Gasteiger partial charge in [0.2, 0.25) is 0 Å². The van der Waals surface area contributed by atoms with Crippen molar-refractivity contribution in [2.45, 2.75) is 13.5 Å². The SMILES string of the molecule is COC(=O)C1=C(C(=O)OC)N(c2cc(C)ccc2OC(F)F)C=CC=C1. The van der Waals surface area contributed by atoms with Gasteiger partial charge in [-0.1, -0.05) is 12.1 Å². The Kier molecular flexibility index (Phi) is 6.11. The van der Waals surface area contributed by atoms with Crippen molar-refractivity contribution in [3.8, 4) is 5.75 Å². The lowest BCUT2D eigenvalue weighted by Crippen LogP contribution is -2.27. The van der Waals surface area contributed by atoms with Crippen LogP contribution in [0.2, 0.25) is 0 Å². The van der Waals surface area contributed by atoms with E-state index in [1.807, 2.05) is 0 Å². The van der Waals surface area contributed by atoms with Crippen LogP contribution in [0.25, 0.3) is 0 Å². The molecule has 0 bridgehead atoms. The summed E-state index contributed by atoms with van der Waals surface area (Å²) >= 11 is 0. The van der Waals surface area contributed by atoms with Gasteiger partial charge in [-0.05, 0) is 36.8 Å². The molecule has 0 unspecified atom stereocenters. The molecule has 0 saturated heterocycles. The zero-order valence-corrected chi connectivity index (χ0v) is 14.4. The van der Waals surface area contributed by atoms with Crippen molar-refractivity contribution in [2.24, 2.45) is 0 Å². The minimum absolute atomic E-state index is 0.0890. The average Bonchev–Trinajstić information content (AvgIpc) is 2.84. The van der Waals surface area contributed by atoms with Crippen LogP contribution in [0.1, 0.15) is 5.56 Å². The van der Waals surface area contributed by atoms with Gasteiger partial charge in [0.15, 0.2) is 0 Å². The summed E-state index contributed by atoms with van der Waals surface area (Å²) in [5.74, 6) is -1.78. The molecule has 8 heteroatoms. The van der Waals surface area contributed by atoms with Crippen LogP contribution in [0.5, 0.6) is 5.75 Å². The van der Waals surface area contributed by atoms with E-state index in [0.29, 0.717) is 0 Å². The first-order chi connectivity index (χ1) is 12.4. The Bertz CT molecular complexity index is 799. The average molecular weight is 365 g/mol. The van der Waals surface area contributed by atoms with E-state index < -0.39 is 18.6 Å². The topological polar surface area (TPSA) is 65.1 Å². The second-order valence-corrected chi connectivity index (χ2v) is 5.17. The maximum atomic E-state index is 12.8. The van der Waals surface area contributed by atoms with Crippen molar-refractivity contribution >= 4 is 17.6 Å². The van der Waals surface area contributed by atoms with Crippen LogP contribution < -0.4 is 9.64 Å². The Balaban J connectivity index is 2.71. The number of alkyl halides is 2. The smallest absolute Gasteiger partial charge is 0.387 e. The standard InChI is InChI=1S/C18H17F2NO5/c1-11-7-8-14(26-18(19)20)13(10-11)21-9-5-4-6-12(16(22)24-2)15(21)17(23)25-3/h4-10,18H,1-3H3. The third-order valence-corrected chi connectivity index (χ3v) is 3.48. The second kappa shape index (κ2) is 8.28. The predicted molar refractivity (Wildman–Crippen MR) is 89.6 cm³/mol. The summed E-state index contributed by atoms with van der Waals surface area (Å²) in [6.07, 6.45) is 5.86. The van der Waals surface area contributed by atoms with Gasteiger partial charge in [0.25, 0.3) is 0 Å². The van der Waals surface area contributed by atoms with Gasteiger partial charge in [0, 0.05) is 6.20 Å². The van der Waals surface area contributed by atoms with Crippen LogP contribution in [-0.4, -0.2) is 32.8 Å². The van der Waals surface area contributed by atoms with Crippen LogP contribution in [-0.2, 0) is 19.1 Å². The number of ether oxygens (including phenoxy) is 3. The first-order valence-electron chi connectivity index (χ1n) is 7.49. The number of methoxy groups -OCH3 is 2. The Morgan fingerprint density at radius 2 is 1.77 bits per heavy atom. The molecule has 1 aliphatic rings. The highest BCUT2D eigenvalue weighted by atomic mass is 19.3. The van der Waals surface area contributed by atoms with Gasteiger partial charge in [0.05, 0.1) is 25.5 Å². The number of aryl methyl sites for hydroxylation is 1. The van der Waals surface area contributed by atoms with Gasteiger partial charge in [-0.25, -0.2) is 9.59 Å². The lowest BCUT2D eigenvalue weighted by molar-refractivity contribution is -0.139. The number of allylic oxidation sites excluding steroid dienone is 2. The molecule has 0 aliphatic carbocycles. The second-order valence-electron chi connectivity index (χ2n) is 5.17. The van der Waals surface area contributed by atoms with E-state index in [1.165, 1.54) is 42.5 Å². The highest BCUT2D eigenvalue weighted by Gasteiger charge is 2.29. The number of benzene rings is 1. The van der Waals surface area contributed by atoms with Crippen LogP contribution in [0.15, 0.2) is 53.9 Å².